The van der Waals surface area contributed by atoms with Crippen molar-refractivity contribution < 1.29 is 27.5 Å². The van der Waals surface area contributed by atoms with Crippen LogP contribution in [0, 0.1) is 5.92 Å². The third-order valence-corrected chi connectivity index (χ3v) is 7.82. The van der Waals surface area contributed by atoms with E-state index in [1.807, 2.05) is 0 Å². The SMILES string of the molecule is O=C(Nc1c2c(nn1CCC1CC1)C[C@]1(CCc3cc(OCC(F)(F)F)ccc31)NC2=O)c1cscn1. The number of anilines is 1. The third kappa shape index (κ3) is 4.70. The molecule has 1 saturated carbocycles. The van der Waals surface area contributed by atoms with E-state index in [0.717, 1.165) is 17.5 Å². The summed E-state index contributed by atoms with van der Waals surface area (Å²) in [6.07, 6.45) is 0.442. The summed E-state index contributed by atoms with van der Waals surface area (Å²) < 4.78 is 44.3. The van der Waals surface area contributed by atoms with Gasteiger partial charge < -0.3 is 15.4 Å². The maximum absolute atomic E-state index is 13.5. The van der Waals surface area contributed by atoms with Crippen molar-refractivity contribution in [3.63, 3.8) is 0 Å². The highest BCUT2D eigenvalue weighted by Gasteiger charge is 2.46. The summed E-state index contributed by atoms with van der Waals surface area (Å²) in [5, 5.41) is 12.4. The smallest absolute Gasteiger partial charge is 0.422 e. The molecule has 1 fully saturated rings. The highest BCUT2D eigenvalue weighted by Crippen LogP contribution is 2.44. The zero-order valence-electron chi connectivity index (χ0n) is 19.7. The van der Waals surface area contributed by atoms with E-state index < -0.39 is 24.2 Å². The lowest BCUT2D eigenvalue weighted by Gasteiger charge is -2.35. The minimum atomic E-state index is -4.42. The summed E-state index contributed by atoms with van der Waals surface area (Å²) in [7, 11) is 0. The van der Waals surface area contributed by atoms with Gasteiger partial charge in [0.2, 0.25) is 0 Å². The van der Waals surface area contributed by atoms with Crippen molar-refractivity contribution in [1.82, 2.24) is 20.1 Å². The molecule has 6 rings (SSSR count). The van der Waals surface area contributed by atoms with Crippen molar-refractivity contribution in [1.29, 1.82) is 0 Å². The van der Waals surface area contributed by atoms with Crippen LogP contribution < -0.4 is 15.4 Å². The van der Waals surface area contributed by atoms with E-state index in [9.17, 15) is 22.8 Å². The molecule has 0 saturated heterocycles. The van der Waals surface area contributed by atoms with Gasteiger partial charge in [0, 0.05) is 18.3 Å². The Hall–Kier alpha value is -3.41. The van der Waals surface area contributed by atoms with Crippen molar-refractivity contribution in [2.24, 2.45) is 5.92 Å². The van der Waals surface area contributed by atoms with Gasteiger partial charge in [-0.2, -0.15) is 18.3 Å². The molecule has 8 nitrogen and oxygen atoms in total. The average Bonchev–Trinajstić information content (AvgIpc) is 3.23. The quantitative estimate of drug-likeness (QED) is 0.469. The zero-order chi connectivity index (χ0) is 25.8. The first-order valence-electron chi connectivity index (χ1n) is 12.2. The Balaban J connectivity index is 1.30. The molecule has 37 heavy (non-hydrogen) atoms. The van der Waals surface area contributed by atoms with Crippen LogP contribution in [0.4, 0.5) is 19.0 Å². The van der Waals surface area contributed by atoms with Crippen LogP contribution >= 0.6 is 11.3 Å². The fraction of sp³-hybridized carbons (Fsp3) is 0.440. The van der Waals surface area contributed by atoms with Crippen LogP contribution in [-0.4, -0.2) is 39.4 Å². The van der Waals surface area contributed by atoms with Gasteiger partial charge in [-0.05, 0) is 48.4 Å². The predicted octanol–water partition coefficient (Wildman–Crippen LogP) is 4.46. The molecular weight excluding hydrogens is 507 g/mol. The van der Waals surface area contributed by atoms with E-state index in [-0.39, 0.29) is 17.4 Å². The molecular formula is C25H24F3N5O3S. The van der Waals surface area contributed by atoms with Gasteiger partial charge in [-0.15, -0.1) is 11.3 Å². The fourth-order valence-electron chi connectivity index (χ4n) is 5.27. The predicted molar refractivity (Wildman–Crippen MR) is 129 cm³/mol. The lowest BCUT2D eigenvalue weighted by atomic mass is 9.82. The molecule has 0 unspecified atom stereocenters. The number of ether oxygens (including phenoxy) is 1. The van der Waals surface area contributed by atoms with E-state index in [0.29, 0.717) is 48.8 Å². The molecule has 1 spiro atoms. The van der Waals surface area contributed by atoms with E-state index in [4.69, 9.17) is 9.84 Å². The largest absolute Gasteiger partial charge is 0.484 e. The number of carbonyl (C=O) groups is 2. The summed E-state index contributed by atoms with van der Waals surface area (Å²) in [6.45, 7) is -0.772. The maximum Gasteiger partial charge on any atom is 0.422 e. The number of halogens is 3. The number of alkyl halides is 3. The number of carbonyl (C=O) groups excluding carboxylic acids is 2. The lowest BCUT2D eigenvalue weighted by Crippen LogP contribution is -2.49. The van der Waals surface area contributed by atoms with Crippen molar-refractivity contribution >= 4 is 29.0 Å². The van der Waals surface area contributed by atoms with Crippen LogP contribution in [0.3, 0.4) is 0 Å². The molecule has 12 heteroatoms. The van der Waals surface area contributed by atoms with E-state index >= 15 is 0 Å². The number of nitrogens with one attached hydrogen (secondary N) is 2. The van der Waals surface area contributed by atoms with Crippen molar-refractivity contribution in [2.45, 2.75) is 56.8 Å². The van der Waals surface area contributed by atoms with Gasteiger partial charge in [0.25, 0.3) is 11.8 Å². The lowest BCUT2D eigenvalue weighted by molar-refractivity contribution is -0.153. The van der Waals surface area contributed by atoms with Crippen molar-refractivity contribution in [3.05, 3.63) is 57.2 Å². The van der Waals surface area contributed by atoms with Crippen molar-refractivity contribution in [3.8, 4) is 5.75 Å². The van der Waals surface area contributed by atoms with Gasteiger partial charge in [0.1, 0.15) is 22.8 Å². The molecule has 3 aromatic rings. The average molecular weight is 532 g/mol. The summed E-state index contributed by atoms with van der Waals surface area (Å²) in [6, 6.07) is 4.85. The minimum Gasteiger partial charge on any atom is -0.484 e. The highest BCUT2D eigenvalue weighted by atomic mass is 32.1. The molecule has 1 aromatic carbocycles. The Morgan fingerprint density at radius 2 is 2.16 bits per heavy atom. The molecule has 1 aliphatic heterocycles. The summed E-state index contributed by atoms with van der Waals surface area (Å²) in [5.74, 6) is 0.418. The molecule has 2 aliphatic carbocycles. The number of hydrogen-bond donors (Lipinski definition) is 2. The van der Waals surface area contributed by atoms with E-state index in [1.165, 1.54) is 30.2 Å². The van der Waals surface area contributed by atoms with Gasteiger partial charge in [-0.1, -0.05) is 18.9 Å². The molecule has 0 bridgehead atoms. The Morgan fingerprint density at radius 1 is 1.32 bits per heavy atom. The topological polar surface area (TPSA) is 98.1 Å². The number of fused-ring (bicyclic) bond motifs is 3. The van der Waals surface area contributed by atoms with Crippen LogP contribution in [-0.2, 0) is 24.9 Å². The number of thiazole rings is 1. The third-order valence-electron chi connectivity index (χ3n) is 7.23. The maximum atomic E-state index is 13.5. The van der Waals surface area contributed by atoms with Gasteiger partial charge in [-0.25, -0.2) is 9.67 Å². The number of amides is 2. The van der Waals surface area contributed by atoms with Gasteiger partial charge in [0.15, 0.2) is 6.61 Å². The number of aryl methyl sites for hydroxylation is 2. The molecule has 1 atom stereocenters. The van der Waals surface area contributed by atoms with E-state index in [1.54, 1.807) is 27.7 Å². The molecule has 3 aliphatic rings. The minimum absolute atomic E-state index is 0.146. The highest BCUT2D eigenvalue weighted by molar-refractivity contribution is 7.07. The van der Waals surface area contributed by atoms with E-state index in [2.05, 4.69) is 15.6 Å². The first-order valence-corrected chi connectivity index (χ1v) is 13.1. The first-order chi connectivity index (χ1) is 17.7. The second-order valence-corrected chi connectivity index (χ2v) is 10.6. The number of benzene rings is 1. The summed E-state index contributed by atoms with van der Waals surface area (Å²) in [5.41, 5.74) is 3.77. The summed E-state index contributed by atoms with van der Waals surface area (Å²) >= 11 is 1.31. The van der Waals surface area contributed by atoms with Crippen LogP contribution in [0.1, 0.15) is 63.4 Å². The monoisotopic (exact) mass is 531 g/mol. The standard InChI is InChI=1S/C25H24F3N5O3S/c26-25(27,28)12-36-16-3-4-17-15(9-16)5-7-24(17)10-18-20(23(35)31-24)21(30-22(34)19-11-37-13-29-19)33(32-18)8-6-14-1-2-14/h3-4,9,11,13-14H,1-2,5-8,10,12H2,(H,30,34)(H,31,35)/t24-/m0/s1. The van der Waals surface area contributed by atoms with Crippen LogP contribution in [0.5, 0.6) is 5.75 Å². The Morgan fingerprint density at radius 3 is 2.89 bits per heavy atom. The normalized spacial score (nSPS) is 20.5. The molecule has 2 amide bonds. The molecule has 2 N–H and O–H groups in total. The summed E-state index contributed by atoms with van der Waals surface area (Å²) in [4.78, 5) is 30.4. The van der Waals surface area contributed by atoms with Crippen LogP contribution in [0.25, 0.3) is 0 Å². The van der Waals surface area contributed by atoms with Crippen LogP contribution in [0.2, 0.25) is 0 Å². The number of nitrogens with zero attached hydrogens (tertiary/aromatic N) is 3. The Labute approximate surface area is 214 Å². The second kappa shape index (κ2) is 8.86. The number of hydrogen-bond acceptors (Lipinski definition) is 6. The number of aromatic nitrogens is 3. The van der Waals surface area contributed by atoms with Gasteiger partial charge in [-0.3, -0.25) is 9.59 Å². The van der Waals surface area contributed by atoms with Gasteiger partial charge >= 0.3 is 6.18 Å². The van der Waals surface area contributed by atoms with Crippen molar-refractivity contribution in [2.75, 3.05) is 11.9 Å². The number of rotatable bonds is 7. The fourth-order valence-corrected chi connectivity index (χ4v) is 5.81. The zero-order valence-corrected chi connectivity index (χ0v) is 20.5. The van der Waals surface area contributed by atoms with Crippen LogP contribution in [0.15, 0.2) is 29.1 Å². The second-order valence-electron chi connectivity index (χ2n) is 9.89. The Bertz CT molecular complexity index is 1370. The van der Waals surface area contributed by atoms with Gasteiger partial charge in [0.05, 0.1) is 16.7 Å². The molecule has 194 valence electrons. The first kappa shape index (κ1) is 24.0. The Kier molecular flexibility index (Phi) is 5.74. The molecule has 3 heterocycles. The molecule has 0 radical (unpaired) electrons. The molecule has 2 aromatic heterocycles.